The highest BCUT2D eigenvalue weighted by atomic mass is 16.3. The molecule has 1 aliphatic carbocycles. The minimum Gasteiger partial charge on any atom is -0.448 e. The Morgan fingerprint density at radius 1 is 1.17 bits per heavy atom. The molecular weight excluding hydrogens is 292 g/mol. The quantitative estimate of drug-likeness (QED) is 0.845. The van der Waals surface area contributed by atoms with Gasteiger partial charge >= 0.3 is 0 Å². The number of oxazole rings is 1. The van der Waals surface area contributed by atoms with E-state index in [-0.39, 0.29) is 5.56 Å². The van der Waals surface area contributed by atoms with Gasteiger partial charge in [-0.25, -0.2) is 9.97 Å². The van der Waals surface area contributed by atoms with Gasteiger partial charge in [0.25, 0.3) is 5.56 Å². The third kappa shape index (κ3) is 3.52. The summed E-state index contributed by atoms with van der Waals surface area (Å²) in [5.41, 5.74) is 1.08. The zero-order valence-electron chi connectivity index (χ0n) is 13.2. The fraction of sp³-hybridized carbons (Fsp3) is 0.588. The zero-order valence-corrected chi connectivity index (χ0v) is 13.2. The molecule has 0 amide bonds. The van der Waals surface area contributed by atoms with Crippen molar-refractivity contribution < 1.29 is 4.42 Å². The van der Waals surface area contributed by atoms with Crippen molar-refractivity contribution in [1.82, 2.24) is 19.4 Å². The summed E-state index contributed by atoms with van der Waals surface area (Å²) in [7, 11) is 0. The molecule has 2 fully saturated rings. The highest BCUT2D eigenvalue weighted by Crippen LogP contribution is 2.38. The van der Waals surface area contributed by atoms with Crippen LogP contribution in [-0.2, 0) is 13.1 Å². The summed E-state index contributed by atoms with van der Waals surface area (Å²) >= 11 is 0. The number of piperidine rings is 1. The summed E-state index contributed by atoms with van der Waals surface area (Å²) in [6.07, 6.45) is 9.60. The van der Waals surface area contributed by atoms with Gasteiger partial charge in [-0.15, -0.1) is 0 Å². The van der Waals surface area contributed by atoms with Gasteiger partial charge in [0.1, 0.15) is 6.26 Å². The van der Waals surface area contributed by atoms with Crippen LogP contribution in [0, 0.1) is 5.92 Å². The second kappa shape index (κ2) is 6.28. The molecule has 1 aliphatic heterocycles. The van der Waals surface area contributed by atoms with Crippen molar-refractivity contribution in [2.24, 2.45) is 5.92 Å². The molecule has 3 heterocycles. The Morgan fingerprint density at radius 3 is 2.65 bits per heavy atom. The van der Waals surface area contributed by atoms with Crippen molar-refractivity contribution in [3.05, 3.63) is 46.8 Å². The summed E-state index contributed by atoms with van der Waals surface area (Å²) < 4.78 is 7.08. The topological polar surface area (TPSA) is 64.2 Å². The van der Waals surface area contributed by atoms with E-state index in [1.807, 2.05) is 0 Å². The number of hydrogen-bond acceptors (Lipinski definition) is 5. The molecule has 0 atom stereocenters. The van der Waals surface area contributed by atoms with Gasteiger partial charge in [-0.3, -0.25) is 14.3 Å². The van der Waals surface area contributed by atoms with Crippen LogP contribution in [0.3, 0.4) is 0 Å². The molecule has 2 aromatic heterocycles. The molecule has 0 bridgehead atoms. The first kappa shape index (κ1) is 14.6. The third-order valence-corrected chi connectivity index (χ3v) is 4.90. The smallest absolute Gasteiger partial charge is 0.253 e. The normalized spacial score (nSPS) is 20.0. The molecule has 0 aromatic carbocycles. The van der Waals surface area contributed by atoms with E-state index in [4.69, 9.17) is 4.42 Å². The van der Waals surface area contributed by atoms with Crippen LogP contribution >= 0.6 is 0 Å². The van der Waals surface area contributed by atoms with Crippen LogP contribution in [0.4, 0.5) is 0 Å². The van der Waals surface area contributed by atoms with Crippen LogP contribution in [-0.4, -0.2) is 32.5 Å². The molecule has 1 saturated heterocycles. The van der Waals surface area contributed by atoms with Crippen LogP contribution in [0.15, 0.2) is 34.1 Å². The van der Waals surface area contributed by atoms with Crippen molar-refractivity contribution >= 4 is 0 Å². The number of rotatable bonds is 5. The molecular formula is C17H22N4O2. The van der Waals surface area contributed by atoms with Gasteiger partial charge in [-0.2, -0.15) is 0 Å². The van der Waals surface area contributed by atoms with Crippen molar-refractivity contribution in [3.8, 4) is 0 Å². The van der Waals surface area contributed by atoms with Gasteiger partial charge in [0.2, 0.25) is 5.89 Å². The van der Waals surface area contributed by atoms with E-state index in [1.165, 1.54) is 12.8 Å². The maximum absolute atomic E-state index is 12.2. The lowest BCUT2D eigenvalue weighted by atomic mass is 9.96. The predicted octanol–water partition coefficient (Wildman–Crippen LogP) is 2.02. The number of nitrogens with zero attached hydrogens (tertiary/aromatic N) is 4. The Hall–Kier alpha value is -1.95. The molecule has 4 rings (SSSR count). The highest BCUT2D eigenvalue weighted by molar-refractivity contribution is 5.12. The second-order valence-electron chi connectivity index (χ2n) is 6.72. The van der Waals surface area contributed by atoms with Gasteiger partial charge in [0.05, 0.1) is 24.8 Å². The van der Waals surface area contributed by atoms with Crippen molar-refractivity contribution in [2.75, 3.05) is 13.1 Å². The van der Waals surface area contributed by atoms with E-state index in [0.29, 0.717) is 11.8 Å². The van der Waals surface area contributed by atoms with E-state index in [9.17, 15) is 4.79 Å². The molecule has 6 nitrogen and oxygen atoms in total. The van der Waals surface area contributed by atoms with Crippen LogP contribution in [0.2, 0.25) is 0 Å². The van der Waals surface area contributed by atoms with Gasteiger partial charge in [0.15, 0.2) is 0 Å². The zero-order chi connectivity index (χ0) is 15.6. The number of likely N-dealkylation sites (tertiary alicyclic amines) is 1. The summed E-state index contributed by atoms with van der Waals surface area (Å²) in [6.45, 7) is 3.60. The maximum Gasteiger partial charge on any atom is 0.253 e. The Labute approximate surface area is 135 Å². The molecule has 0 unspecified atom stereocenters. The molecule has 2 aromatic rings. The van der Waals surface area contributed by atoms with Gasteiger partial charge in [-0.1, -0.05) is 0 Å². The number of hydrogen-bond donors (Lipinski definition) is 0. The average Bonchev–Trinajstić information content (AvgIpc) is 3.29. The van der Waals surface area contributed by atoms with Crippen LogP contribution < -0.4 is 5.56 Å². The SMILES string of the molecule is O=c1cc(C2CC2)ncn1CC1CCN(Cc2ncco2)CC1. The Bertz CT molecular complexity index is 698. The molecule has 1 saturated carbocycles. The van der Waals surface area contributed by atoms with Gasteiger partial charge in [0, 0.05) is 18.5 Å². The lowest BCUT2D eigenvalue weighted by Gasteiger charge is -2.31. The molecule has 0 spiro atoms. The standard InChI is InChI=1S/C17H22N4O2/c22-17-9-15(14-1-2-14)19-12-21(17)10-13-3-6-20(7-4-13)11-16-18-5-8-23-16/h5,8-9,12-14H,1-4,6-7,10-11H2. The summed E-state index contributed by atoms with van der Waals surface area (Å²) in [5, 5.41) is 0. The summed E-state index contributed by atoms with van der Waals surface area (Å²) in [4.78, 5) is 23.2. The first-order valence-electron chi connectivity index (χ1n) is 8.45. The summed E-state index contributed by atoms with van der Waals surface area (Å²) in [5.74, 6) is 1.86. The minimum absolute atomic E-state index is 0.101. The fourth-order valence-corrected chi connectivity index (χ4v) is 3.31. The molecule has 6 heteroatoms. The number of aromatic nitrogens is 3. The Kier molecular flexibility index (Phi) is 3.99. The van der Waals surface area contributed by atoms with Crippen LogP contribution in [0.25, 0.3) is 0 Å². The third-order valence-electron chi connectivity index (χ3n) is 4.90. The maximum atomic E-state index is 12.2. The lowest BCUT2D eigenvalue weighted by molar-refractivity contribution is 0.154. The largest absolute Gasteiger partial charge is 0.448 e. The minimum atomic E-state index is 0.101. The Balaban J connectivity index is 1.31. The molecule has 23 heavy (non-hydrogen) atoms. The van der Waals surface area contributed by atoms with Crippen molar-refractivity contribution in [3.63, 3.8) is 0 Å². The molecule has 122 valence electrons. The molecule has 0 radical (unpaired) electrons. The van der Waals surface area contributed by atoms with E-state index in [0.717, 1.165) is 50.6 Å². The van der Waals surface area contributed by atoms with E-state index >= 15 is 0 Å². The summed E-state index contributed by atoms with van der Waals surface area (Å²) in [6, 6.07) is 1.73. The molecule has 2 aliphatic rings. The van der Waals surface area contributed by atoms with Crippen molar-refractivity contribution in [1.29, 1.82) is 0 Å². The first-order chi connectivity index (χ1) is 11.3. The lowest BCUT2D eigenvalue weighted by Crippen LogP contribution is -2.36. The van der Waals surface area contributed by atoms with Gasteiger partial charge in [-0.05, 0) is 44.7 Å². The van der Waals surface area contributed by atoms with E-state index < -0.39 is 0 Å². The monoisotopic (exact) mass is 314 g/mol. The van der Waals surface area contributed by atoms with Gasteiger partial charge < -0.3 is 4.42 Å². The van der Waals surface area contributed by atoms with Crippen LogP contribution in [0.5, 0.6) is 0 Å². The molecule has 0 N–H and O–H groups in total. The highest BCUT2D eigenvalue weighted by Gasteiger charge is 2.26. The Morgan fingerprint density at radius 2 is 2.00 bits per heavy atom. The van der Waals surface area contributed by atoms with Crippen LogP contribution in [0.1, 0.15) is 43.2 Å². The first-order valence-corrected chi connectivity index (χ1v) is 8.45. The fourth-order valence-electron chi connectivity index (χ4n) is 3.31. The average molecular weight is 314 g/mol. The predicted molar refractivity (Wildman–Crippen MR) is 85.0 cm³/mol. The van der Waals surface area contributed by atoms with E-state index in [2.05, 4.69) is 14.9 Å². The van der Waals surface area contributed by atoms with E-state index in [1.54, 1.807) is 29.4 Å². The second-order valence-corrected chi connectivity index (χ2v) is 6.72. The van der Waals surface area contributed by atoms with Crippen molar-refractivity contribution in [2.45, 2.75) is 44.7 Å².